The van der Waals surface area contributed by atoms with Gasteiger partial charge < -0.3 is 14.5 Å². The van der Waals surface area contributed by atoms with E-state index < -0.39 is 17.8 Å². The summed E-state index contributed by atoms with van der Waals surface area (Å²) < 4.78 is 9.91. The van der Waals surface area contributed by atoms with Crippen molar-refractivity contribution >= 4 is 23.7 Å². The largest absolute Gasteiger partial charge is 0.465 e. The summed E-state index contributed by atoms with van der Waals surface area (Å²) in [5, 5.41) is 14.2. The van der Waals surface area contributed by atoms with Crippen LogP contribution in [0.2, 0.25) is 0 Å². The number of nitrogens with zero attached hydrogens (tertiary/aromatic N) is 1. The van der Waals surface area contributed by atoms with Crippen LogP contribution in [0.5, 0.6) is 0 Å². The van der Waals surface area contributed by atoms with Gasteiger partial charge in [-0.1, -0.05) is 32.9 Å². The van der Waals surface area contributed by atoms with Gasteiger partial charge in [-0.15, -0.1) is 0 Å². The minimum Gasteiger partial charge on any atom is -0.465 e. The van der Waals surface area contributed by atoms with Gasteiger partial charge in [0.15, 0.2) is 0 Å². The van der Waals surface area contributed by atoms with Crippen LogP contribution in [-0.2, 0) is 14.9 Å². The summed E-state index contributed by atoms with van der Waals surface area (Å²) in [6.45, 7) is 7.36. The minimum atomic E-state index is -0.740. The first-order valence-electron chi connectivity index (χ1n) is 8.89. The van der Waals surface area contributed by atoms with Gasteiger partial charge in [0, 0.05) is 5.56 Å². The highest BCUT2D eigenvalue weighted by Crippen LogP contribution is 2.27. The number of carbonyl (C=O) groups is 3. The smallest absolute Gasteiger partial charge is 0.342 e. The van der Waals surface area contributed by atoms with Crippen molar-refractivity contribution in [1.29, 1.82) is 5.26 Å². The van der Waals surface area contributed by atoms with Crippen LogP contribution in [0.15, 0.2) is 28.7 Å². The lowest BCUT2D eigenvalue weighted by atomic mass is 9.87. The summed E-state index contributed by atoms with van der Waals surface area (Å²) >= 11 is 0. The van der Waals surface area contributed by atoms with Gasteiger partial charge in [0.25, 0.3) is 5.91 Å². The number of esters is 1. The molecular formula is C21H23N3O5. The molecule has 8 heteroatoms. The van der Waals surface area contributed by atoms with Gasteiger partial charge in [0.05, 0.1) is 13.7 Å². The summed E-state index contributed by atoms with van der Waals surface area (Å²) in [4.78, 5) is 36.2. The van der Waals surface area contributed by atoms with Gasteiger partial charge >= 0.3 is 5.97 Å². The Morgan fingerprint density at radius 2 is 1.79 bits per heavy atom. The second kappa shape index (κ2) is 8.61. The van der Waals surface area contributed by atoms with Crippen molar-refractivity contribution in [2.75, 3.05) is 19.0 Å². The summed E-state index contributed by atoms with van der Waals surface area (Å²) in [6, 6.07) is 8.94. The molecule has 0 aliphatic carbocycles. The molecular weight excluding hydrogens is 374 g/mol. The summed E-state index contributed by atoms with van der Waals surface area (Å²) in [7, 11) is 1.18. The quantitative estimate of drug-likeness (QED) is 0.748. The highest BCUT2D eigenvalue weighted by molar-refractivity contribution is 6.01. The Morgan fingerprint density at radius 3 is 2.31 bits per heavy atom. The maximum absolute atomic E-state index is 12.2. The van der Waals surface area contributed by atoms with Gasteiger partial charge in [-0.05, 0) is 30.0 Å². The minimum absolute atomic E-state index is 0.0302. The van der Waals surface area contributed by atoms with Gasteiger partial charge in [0.1, 0.15) is 23.0 Å². The van der Waals surface area contributed by atoms with Crippen LogP contribution < -0.4 is 10.6 Å². The number of ether oxygens (including phenoxy) is 1. The van der Waals surface area contributed by atoms with E-state index >= 15 is 0 Å². The van der Waals surface area contributed by atoms with E-state index in [1.807, 2.05) is 18.2 Å². The van der Waals surface area contributed by atoms with Crippen molar-refractivity contribution < 1.29 is 23.5 Å². The number of furan rings is 1. The molecule has 0 radical (unpaired) electrons. The van der Waals surface area contributed by atoms with Gasteiger partial charge in [0.2, 0.25) is 11.8 Å². The average molecular weight is 397 g/mol. The van der Waals surface area contributed by atoms with Crippen molar-refractivity contribution in [2.45, 2.75) is 33.1 Å². The zero-order valence-electron chi connectivity index (χ0n) is 17.0. The number of hydrogen-bond donors (Lipinski definition) is 2. The predicted molar refractivity (Wildman–Crippen MR) is 106 cm³/mol. The third-order valence-corrected chi connectivity index (χ3v) is 4.26. The molecule has 152 valence electrons. The molecule has 0 fully saturated rings. The lowest BCUT2D eigenvalue weighted by Crippen LogP contribution is -2.33. The number of anilines is 1. The molecule has 2 rings (SSSR count). The van der Waals surface area contributed by atoms with Crippen LogP contribution in [0, 0.1) is 18.3 Å². The maximum Gasteiger partial charge on any atom is 0.342 e. The molecule has 0 saturated heterocycles. The molecule has 0 atom stereocenters. The summed E-state index contributed by atoms with van der Waals surface area (Å²) in [6.07, 6.45) is 0. The number of methoxy groups -OCH3 is 1. The van der Waals surface area contributed by atoms with E-state index in [-0.39, 0.29) is 34.7 Å². The van der Waals surface area contributed by atoms with E-state index in [4.69, 9.17) is 4.42 Å². The topological polar surface area (TPSA) is 121 Å². The zero-order chi connectivity index (χ0) is 21.8. The molecule has 0 spiro atoms. The molecule has 0 aliphatic rings. The molecule has 1 aromatic carbocycles. The molecule has 2 amide bonds. The van der Waals surface area contributed by atoms with E-state index in [1.165, 1.54) is 14.0 Å². The highest BCUT2D eigenvalue weighted by atomic mass is 16.5. The van der Waals surface area contributed by atoms with Crippen LogP contribution in [0.4, 0.5) is 5.88 Å². The second-order valence-corrected chi connectivity index (χ2v) is 7.40. The molecule has 2 N–H and O–H groups in total. The predicted octanol–water partition coefficient (Wildman–Crippen LogP) is 2.91. The fourth-order valence-corrected chi connectivity index (χ4v) is 2.64. The molecule has 1 aromatic heterocycles. The van der Waals surface area contributed by atoms with Crippen LogP contribution in [0.3, 0.4) is 0 Å². The number of amides is 2. The normalized spacial score (nSPS) is 10.8. The van der Waals surface area contributed by atoms with Crippen LogP contribution >= 0.6 is 0 Å². The molecule has 29 heavy (non-hydrogen) atoms. The Hall–Kier alpha value is -3.60. The van der Waals surface area contributed by atoms with Crippen molar-refractivity contribution in [1.82, 2.24) is 5.32 Å². The van der Waals surface area contributed by atoms with Crippen LogP contribution in [0.1, 0.15) is 58.4 Å². The lowest BCUT2D eigenvalue weighted by Gasteiger charge is -2.19. The van der Waals surface area contributed by atoms with Crippen molar-refractivity contribution in [3.63, 3.8) is 0 Å². The summed E-state index contributed by atoms with van der Waals surface area (Å²) in [5.41, 5.74) is 1.30. The molecule has 8 nitrogen and oxygen atoms in total. The molecule has 2 aromatic rings. The van der Waals surface area contributed by atoms with E-state index in [9.17, 15) is 19.6 Å². The molecule has 0 bridgehead atoms. The highest BCUT2D eigenvalue weighted by Gasteiger charge is 2.25. The summed E-state index contributed by atoms with van der Waals surface area (Å²) in [5.74, 6) is -1.78. The first-order valence-corrected chi connectivity index (χ1v) is 8.89. The third-order valence-electron chi connectivity index (χ3n) is 4.26. The second-order valence-electron chi connectivity index (χ2n) is 7.40. The molecule has 0 saturated carbocycles. The van der Waals surface area contributed by atoms with E-state index in [1.54, 1.807) is 12.1 Å². The number of nitrogens with one attached hydrogen (secondary N) is 2. The fraction of sp³-hybridized carbons (Fsp3) is 0.333. The zero-order valence-corrected chi connectivity index (χ0v) is 17.0. The van der Waals surface area contributed by atoms with Crippen molar-refractivity contribution in [3.05, 3.63) is 52.3 Å². The Kier molecular flexibility index (Phi) is 6.44. The Morgan fingerprint density at radius 1 is 1.17 bits per heavy atom. The van der Waals surface area contributed by atoms with Crippen molar-refractivity contribution in [3.8, 4) is 6.07 Å². The maximum atomic E-state index is 12.2. The number of rotatable bonds is 5. The Labute approximate surface area is 168 Å². The van der Waals surface area contributed by atoms with E-state index in [2.05, 4.69) is 36.1 Å². The average Bonchev–Trinajstić information content (AvgIpc) is 2.99. The standard InChI is InChI=1S/C21H23N3O5/c1-12-17(20(27)28-5)15(10-22)19(29-12)24-16(25)11-23-18(26)13-6-8-14(9-7-13)21(2,3)4/h6-9H,11H2,1-5H3,(H,23,26)(H,24,25). The SMILES string of the molecule is COC(=O)c1c(C)oc(NC(=O)CNC(=O)c2ccc(C(C)(C)C)cc2)c1C#N. The first kappa shape index (κ1) is 21.7. The Bertz CT molecular complexity index is 975. The molecule has 1 heterocycles. The fourth-order valence-electron chi connectivity index (χ4n) is 2.64. The first-order chi connectivity index (χ1) is 13.6. The van der Waals surface area contributed by atoms with Crippen LogP contribution in [-0.4, -0.2) is 31.4 Å². The monoisotopic (exact) mass is 397 g/mol. The number of hydrogen-bond acceptors (Lipinski definition) is 6. The number of aryl methyl sites for hydroxylation is 1. The van der Waals surface area contributed by atoms with E-state index in [0.29, 0.717) is 5.56 Å². The van der Waals surface area contributed by atoms with Crippen molar-refractivity contribution in [2.24, 2.45) is 0 Å². The number of carbonyl (C=O) groups excluding carboxylic acids is 3. The third kappa shape index (κ3) is 5.02. The van der Waals surface area contributed by atoms with Gasteiger partial charge in [-0.2, -0.15) is 5.26 Å². The Balaban J connectivity index is 2.03. The molecule has 0 unspecified atom stereocenters. The van der Waals surface area contributed by atoms with E-state index in [0.717, 1.165) is 5.56 Å². The van der Waals surface area contributed by atoms with Crippen LogP contribution in [0.25, 0.3) is 0 Å². The number of benzene rings is 1. The molecule has 0 aliphatic heterocycles. The van der Waals surface area contributed by atoms with Gasteiger partial charge in [-0.3, -0.25) is 14.9 Å². The number of nitriles is 1. The van der Waals surface area contributed by atoms with Gasteiger partial charge in [-0.25, -0.2) is 4.79 Å². The lowest BCUT2D eigenvalue weighted by molar-refractivity contribution is -0.115.